The molecule has 0 aromatic heterocycles. The van der Waals surface area contributed by atoms with E-state index in [1.165, 1.54) is 0 Å². The fraction of sp³-hybridized carbons (Fsp3) is 0.889. The van der Waals surface area contributed by atoms with Crippen molar-refractivity contribution in [1.29, 1.82) is 0 Å². The Morgan fingerprint density at radius 3 is 1.60 bits per heavy atom. The molecule has 8 nitrogen and oxygen atoms in total. The molecular formula is C9H12F6N2O6S2. The molecule has 1 N–H and O–H groups in total. The largest absolute Gasteiger partial charge is 0.439 e. The molecule has 16 heteroatoms. The zero-order valence-electron chi connectivity index (χ0n) is 12.3. The third-order valence-electron chi connectivity index (χ3n) is 3.40. The van der Waals surface area contributed by atoms with Crippen molar-refractivity contribution in [3.05, 3.63) is 0 Å². The van der Waals surface area contributed by atoms with Crippen LogP contribution in [0.2, 0.25) is 0 Å². The number of carbonyl (C=O) groups excluding carboxylic acids is 1. The molecule has 0 spiro atoms. The van der Waals surface area contributed by atoms with E-state index in [1.807, 2.05) is 0 Å². The fourth-order valence-corrected chi connectivity index (χ4v) is 3.84. The van der Waals surface area contributed by atoms with Crippen molar-refractivity contribution in [2.75, 3.05) is 26.2 Å². The molecule has 1 saturated heterocycles. The van der Waals surface area contributed by atoms with Crippen LogP contribution in [-0.4, -0.2) is 79.1 Å². The van der Waals surface area contributed by atoms with Crippen LogP contribution in [0.25, 0.3) is 0 Å². The summed E-state index contributed by atoms with van der Waals surface area (Å²) >= 11 is 0. The van der Waals surface area contributed by atoms with Gasteiger partial charge in [-0.15, -0.1) is 0 Å². The molecule has 1 aliphatic heterocycles. The molecule has 1 aliphatic rings. The van der Waals surface area contributed by atoms with Gasteiger partial charge in [0.15, 0.2) is 0 Å². The van der Waals surface area contributed by atoms with E-state index in [-0.39, 0.29) is 4.31 Å². The standard InChI is InChI=1S/C9H12F6N2O6S2/c1-6(18)16-2-4-17(5-3-16)24(19,20)8(12,13)7(10,11)9(14,15)25(21,22)23/h2-5H2,1H3,(H,21,22,23). The molecule has 1 amide bonds. The summed E-state index contributed by atoms with van der Waals surface area (Å²) in [7, 11) is -13.5. The number of nitrogens with zero attached hydrogens (tertiary/aromatic N) is 2. The third kappa shape index (κ3) is 3.31. The van der Waals surface area contributed by atoms with E-state index in [2.05, 4.69) is 0 Å². The molecule has 0 aliphatic carbocycles. The topological polar surface area (TPSA) is 112 Å². The first-order valence-electron chi connectivity index (χ1n) is 6.27. The van der Waals surface area contributed by atoms with Crippen molar-refractivity contribution in [3.8, 4) is 0 Å². The fourth-order valence-electron chi connectivity index (χ4n) is 1.90. The highest BCUT2D eigenvalue weighted by Crippen LogP contribution is 2.51. The Hall–Kier alpha value is -1.13. The van der Waals surface area contributed by atoms with Gasteiger partial charge in [0, 0.05) is 33.1 Å². The smallest absolute Gasteiger partial charge is 0.340 e. The van der Waals surface area contributed by atoms with Gasteiger partial charge >= 0.3 is 26.5 Å². The van der Waals surface area contributed by atoms with E-state index < -0.39 is 68.7 Å². The number of alkyl halides is 6. The number of hydrogen-bond donors (Lipinski definition) is 1. The normalized spacial score (nSPS) is 19.1. The van der Waals surface area contributed by atoms with Crippen LogP contribution in [-0.2, 0) is 24.9 Å². The first-order chi connectivity index (χ1) is 10.9. The van der Waals surface area contributed by atoms with Crippen LogP contribution in [0.3, 0.4) is 0 Å². The molecule has 0 radical (unpaired) electrons. The van der Waals surface area contributed by atoms with Gasteiger partial charge in [-0.3, -0.25) is 9.35 Å². The average molecular weight is 422 g/mol. The molecule has 1 heterocycles. The molecule has 1 fully saturated rings. The van der Waals surface area contributed by atoms with Crippen LogP contribution in [0.4, 0.5) is 26.3 Å². The van der Waals surface area contributed by atoms with Crippen LogP contribution in [0, 0.1) is 0 Å². The molecule has 0 atom stereocenters. The van der Waals surface area contributed by atoms with Gasteiger partial charge in [-0.1, -0.05) is 0 Å². The van der Waals surface area contributed by atoms with Gasteiger partial charge in [0.25, 0.3) is 10.0 Å². The van der Waals surface area contributed by atoms with Gasteiger partial charge in [-0.2, -0.15) is 39.1 Å². The van der Waals surface area contributed by atoms with Crippen molar-refractivity contribution in [2.45, 2.75) is 23.4 Å². The van der Waals surface area contributed by atoms with Crippen LogP contribution < -0.4 is 0 Å². The maximum absolute atomic E-state index is 13.7. The second-order valence-corrected chi connectivity index (χ2v) is 8.44. The van der Waals surface area contributed by atoms with Gasteiger partial charge in [-0.25, -0.2) is 8.42 Å². The zero-order valence-corrected chi connectivity index (χ0v) is 13.9. The average Bonchev–Trinajstić information content (AvgIpc) is 2.45. The van der Waals surface area contributed by atoms with Gasteiger partial charge in [0.2, 0.25) is 5.91 Å². The SMILES string of the molecule is CC(=O)N1CCN(S(=O)(=O)C(F)(F)C(F)(F)C(F)(F)S(=O)(=O)O)CC1. The molecule has 0 aromatic carbocycles. The van der Waals surface area contributed by atoms with Crippen molar-refractivity contribution in [1.82, 2.24) is 9.21 Å². The number of carbonyl (C=O) groups is 1. The van der Waals surface area contributed by atoms with Gasteiger partial charge < -0.3 is 4.90 Å². The highest BCUT2D eigenvalue weighted by molar-refractivity contribution is 7.90. The summed E-state index contributed by atoms with van der Waals surface area (Å²) in [6.45, 7) is -1.66. The highest BCUT2D eigenvalue weighted by Gasteiger charge is 2.82. The predicted octanol–water partition coefficient (Wildman–Crippen LogP) is 0.189. The number of piperazine rings is 1. The highest BCUT2D eigenvalue weighted by atomic mass is 32.2. The number of rotatable bonds is 5. The molecule has 0 unspecified atom stereocenters. The maximum atomic E-state index is 13.7. The molecule has 0 saturated carbocycles. The van der Waals surface area contributed by atoms with Gasteiger partial charge in [0.05, 0.1) is 0 Å². The molecule has 25 heavy (non-hydrogen) atoms. The first kappa shape index (κ1) is 21.9. The molecule has 0 bridgehead atoms. The van der Waals surface area contributed by atoms with Crippen LogP contribution >= 0.6 is 0 Å². The van der Waals surface area contributed by atoms with Crippen LogP contribution in [0.1, 0.15) is 6.92 Å². The van der Waals surface area contributed by atoms with Crippen LogP contribution in [0.5, 0.6) is 0 Å². The minimum absolute atomic E-state index is 0.263. The van der Waals surface area contributed by atoms with Crippen molar-refractivity contribution >= 4 is 26.0 Å². The number of sulfonamides is 1. The first-order valence-corrected chi connectivity index (χ1v) is 9.15. The van der Waals surface area contributed by atoms with Crippen molar-refractivity contribution < 1.29 is 52.5 Å². The van der Waals surface area contributed by atoms with E-state index in [1.54, 1.807) is 0 Å². The van der Waals surface area contributed by atoms with E-state index in [4.69, 9.17) is 4.55 Å². The molecule has 1 rings (SSSR count). The lowest BCUT2D eigenvalue weighted by Gasteiger charge is -2.37. The summed E-state index contributed by atoms with van der Waals surface area (Å²) in [4.78, 5) is 12.0. The summed E-state index contributed by atoms with van der Waals surface area (Å²) < 4.78 is 132. The minimum Gasteiger partial charge on any atom is -0.340 e. The van der Waals surface area contributed by atoms with Crippen molar-refractivity contribution in [2.24, 2.45) is 0 Å². The molecule has 148 valence electrons. The van der Waals surface area contributed by atoms with Gasteiger partial charge in [0.1, 0.15) is 0 Å². The lowest BCUT2D eigenvalue weighted by Crippen LogP contribution is -2.64. The Morgan fingerprint density at radius 1 is 0.880 bits per heavy atom. The Kier molecular flexibility index (Phi) is 5.47. The predicted molar refractivity (Wildman–Crippen MR) is 69.1 cm³/mol. The molecular weight excluding hydrogens is 410 g/mol. The monoisotopic (exact) mass is 422 g/mol. The van der Waals surface area contributed by atoms with Gasteiger partial charge in [-0.05, 0) is 0 Å². The quantitative estimate of drug-likeness (QED) is 0.500. The Labute approximate surface area is 138 Å². The van der Waals surface area contributed by atoms with Crippen molar-refractivity contribution in [3.63, 3.8) is 0 Å². The lowest BCUT2D eigenvalue weighted by molar-refractivity contribution is -0.247. The summed E-state index contributed by atoms with van der Waals surface area (Å²) in [6, 6.07) is 0. The summed E-state index contributed by atoms with van der Waals surface area (Å²) in [5.41, 5.74) is 0. The Morgan fingerprint density at radius 2 is 1.28 bits per heavy atom. The number of amides is 1. The third-order valence-corrected chi connectivity index (χ3v) is 6.26. The second-order valence-electron chi connectivity index (χ2n) is 4.99. The molecule has 0 aromatic rings. The minimum atomic E-state index is -7.05. The number of halogens is 6. The summed E-state index contributed by atoms with van der Waals surface area (Å²) in [5, 5.41) is -13.3. The number of hydrogen-bond acceptors (Lipinski definition) is 5. The van der Waals surface area contributed by atoms with E-state index in [0.717, 1.165) is 11.8 Å². The lowest BCUT2D eigenvalue weighted by atomic mass is 10.3. The van der Waals surface area contributed by atoms with E-state index in [0.29, 0.717) is 0 Å². The summed E-state index contributed by atoms with van der Waals surface area (Å²) in [6.07, 6.45) is 0. The van der Waals surface area contributed by atoms with Crippen LogP contribution in [0.15, 0.2) is 0 Å². The van der Waals surface area contributed by atoms with E-state index >= 15 is 0 Å². The Bertz CT molecular complexity index is 745. The van der Waals surface area contributed by atoms with E-state index in [9.17, 15) is 48.0 Å². The second kappa shape index (κ2) is 6.24. The Balaban J connectivity index is 3.26. The maximum Gasteiger partial charge on any atom is 0.439 e. The summed E-state index contributed by atoms with van der Waals surface area (Å²) in [5.74, 6) is -7.53. The zero-order chi connectivity index (χ0) is 20.1.